The molecule has 0 spiro atoms. The molecule has 0 aromatic carbocycles. The van der Waals surface area contributed by atoms with Crippen LogP contribution in [-0.4, -0.2) is 29.9 Å². The van der Waals surface area contributed by atoms with Gasteiger partial charge in [0.2, 0.25) is 5.89 Å². The third-order valence-corrected chi connectivity index (χ3v) is 4.25. The molecule has 5 nitrogen and oxygen atoms in total. The lowest BCUT2D eigenvalue weighted by Gasteiger charge is -2.26. The quantitative estimate of drug-likeness (QED) is 0.828. The summed E-state index contributed by atoms with van der Waals surface area (Å²) < 4.78 is 10.7. The number of aromatic nitrogens is 2. The van der Waals surface area contributed by atoms with Gasteiger partial charge in [-0.3, -0.25) is 0 Å². The van der Waals surface area contributed by atoms with Crippen LogP contribution in [0.4, 0.5) is 0 Å². The Labute approximate surface area is 114 Å². The number of nitrogens with two attached hydrogens (primary N) is 1. The fraction of sp³-hybridized carbons (Fsp3) is 0.857. The summed E-state index contributed by atoms with van der Waals surface area (Å²) in [5, 5.41) is 4.08. The molecule has 2 rings (SSSR count). The maximum atomic E-state index is 6.02. The molecule has 1 aliphatic carbocycles. The largest absolute Gasteiger partial charge is 0.381 e. The molecular formula is C14H25N3O2. The van der Waals surface area contributed by atoms with Crippen molar-refractivity contribution < 1.29 is 9.26 Å². The molecule has 1 aliphatic rings. The lowest BCUT2D eigenvalue weighted by molar-refractivity contribution is 0.116. The average molecular weight is 267 g/mol. The van der Waals surface area contributed by atoms with Gasteiger partial charge in [0.05, 0.1) is 11.5 Å². The summed E-state index contributed by atoms with van der Waals surface area (Å²) in [4.78, 5) is 4.57. The van der Waals surface area contributed by atoms with E-state index in [9.17, 15) is 0 Å². The highest BCUT2D eigenvalue weighted by molar-refractivity contribution is 5.07. The zero-order chi connectivity index (χ0) is 13.7. The molecule has 1 heterocycles. The Morgan fingerprint density at radius 1 is 1.32 bits per heavy atom. The monoisotopic (exact) mass is 267 g/mol. The first-order valence-corrected chi connectivity index (χ1v) is 7.26. The number of hydrogen-bond donors (Lipinski definition) is 1. The van der Waals surface area contributed by atoms with Crippen LogP contribution in [0.3, 0.4) is 0 Å². The number of methoxy groups -OCH3 is 1. The molecule has 2 N–H and O–H groups in total. The summed E-state index contributed by atoms with van der Waals surface area (Å²) in [5.41, 5.74) is 5.92. The molecule has 1 fully saturated rings. The lowest BCUT2D eigenvalue weighted by Crippen LogP contribution is -2.35. The number of rotatable bonds is 5. The van der Waals surface area contributed by atoms with Crippen LogP contribution < -0.4 is 5.73 Å². The lowest BCUT2D eigenvalue weighted by atomic mass is 9.80. The Hall–Kier alpha value is -0.940. The summed E-state index contributed by atoms with van der Waals surface area (Å²) >= 11 is 0. The van der Waals surface area contributed by atoms with Crippen LogP contribution in [0, 0.1) is 0 Å². The molecule has 1 aromatic rings. The molecule has 0 aliphatic heterocycles. The third-order valence-electron chi connectivity index (χ3n) is 4.25. The first-order chi connectivity index (χ1) is 9.20. The molecule has 1 atom stereocenters. The van der Waals surface area contributed by atoms with E-state index in [0.717, 1.165) is 24.6 Å². The molecule has 0 saturated heterocycles. The smallest absolute Gasteiger partial charge is 0.234 e. The summed E-state index contributed by atoms with van der Waals surface area (Å²) in [6.07, 6.45) is 7.87. The molecule has 19 heavy (non-hydrogen) atoms. The Morgan fingerprint density at radius 2 is 2.00 bits per heavy atom. The second-order valence-electron chi connectivity index (χ2n) is 5.66. The van der Waals surface area contributed by atoms with Crippen molar-refractivity contribution in [2.45, 2.75) is 63.4 Å². The van der Waals surface area contributed by atoms with Gasteiger partial charge in [-0.25, -0.2) is 0 Å². The van der Waals surface area contributed by atoms with Crippen molar-refractivity contribution in [3.05, 3.63) is 11.7 Å². The predicted octanol–water partition coefficient (Wildman–Crippen LogP) is 2.20. The molecule has 0 radical (unpaired) electrons. The first-order valence-electron chi connectivity index (χ1n) is 7.26. The molecule has 0 amide bonds. The maximum absolute atomic E-state index is 6.02. The van der Waals surface area contributed by atoms with Gasteiger partial charge in [0.1, 0.15) is 0 Å². The van der Waals surface area contributed by atoms with Crippen molar-refractivity contribution in [3.8, 4) is 0 Å². The standard InChI is InChI=1S/C14H25N3O2/c1-11(18-2)9-12-16-13(19-17-12)14(10-15)7-5-3-4-6-8-14/h11H,3-10,15H2,1-2H3. The van der Waals surface area contributed by atoms with Crippen LogP contribution >= 0.6 is 0 Å². The van der Waals surface area contributed by atoms with E-state index in [1.807, 2.05) is 6.92 Å². The van der Waals surface area contributed by atoms with E-state index in [1.165, 1.54) is 25.7 Å². The average Bonchev–Trinajstić information content (AvgIpc) is 2.76. The van der Waals surface area contributed by atoms with E-state index >= 15 is 0 Å². The molecule has 1 saturated carbocycles. The number of ether oxygens (including phenoxy) is 1. The van der Waals surface area contributed by atoms with Gasteiger partial charge in [0, 0.05) is 20.1 Å². The fourth-order valence-electron chi connectivity index (χ4n) is 2.80. The van der Waals surface area contributed by atoms with E-state index < -0.39 is 0 Å². The van der Waals surface area contributed by atoms with Gasteiger partial charge < -0.3 is 15.0 Å². The minimum absolute atomic E-state index is 0.0991. The second-order valence-corrected chi connectivity index (χ2v) is 5.66. The van der Waals surface area contributed by atoms with Crippen LogP contribution in [0.15, 0.2) is 4.52 Å². The normalized spacial score (nSPS) is 21.0. The Kier molecular flexibility index (Phi) is 4.93. The second kappa shape index (κ2) is 6.48. The summed E-state index contributed by atoms with van der Waals surface area (Å²) in [6.45, 7) is 2.59. The van der Waals surface area contributed by atoms with Crippen molar-refractivity contribution in [2.75, 3.05) is 13.7 Å². The first kappa shape index (κ1) is 14.5. The van der Waals surface area contributed by atoms with E-state index in [-0.39, 0.29) is 11.5 Å². The topological polar surface area (TPSA) is 74.2 Å². The van der Waals surface area contributed by atoms with Crippen LogP contribution in [0.1, 0.15) is 57.2 Å². The summed E-state index contributed by atoms with van der Waals surface area (Å²) in [7, 11) is 1.69. The van der Waals surface area contributed by atoms with Crippen LogP contribution in [0.2, 0.25) is 0 Å². The Bertz CT molecular complexity index is 384. The molecular weight excluding hydrogens is 242 g/mol. The highest BCUT2D eigenvalue weighted by Crippen LogP contribution is 2.36. The molecule has 1 aromatic heterocycles. The Balaban J connectivity index is 2.14. The van der Waals surface area contributed by atoms with Crippen LogP contribution in [0.5, 0.6) is 0 Å². The fourth-order valence-corrected chi connectivity index (χ4v) is 2.80. The van der Waals surface area contributed by atoms with Gasteiger partial charge in [-0.15, -0.1) is 0 Å². The van der Waals surface area contributed by atoms with Crippen LogP contribution in [-0.2, 0) is 16.6 Å². The van der Waals surface area contributed by atoms with Gasteiger partial charge in [-0.05, 0) is 19.8 Å². The zero-order valence-corrected chi connectivity index (χ0v) is 12.0. The van der Waals surface area contributed by atoms with Crippen LogP contribution in [0.25, 0.3) is 0 Å². The van der Waals surface area contributed by atoms with E-state index in [0.29, 0.717) is 13.0 Å². The summed E-state index contributed by atoms with van der Waals surface area (Å²) in [6, 6.07) is 0. The van der Waals surface area contributed by atoms with E-state index in [1.54, 1.807) is 7.11 Å². The zero-order valence-electron chi connectivity index (χ0n) is 12.0. The molecule has 0 bridgehead atoms. The predicted molar refractivity (Wildman–Crippen MR) is 72.9 cm³/mol. The molecule has 108 valence electrons. The van der Waals surface area contributed by atoms with Gasteiger partial charge >= 0.3 is 0 Å². The van der Waals surface area contributed by atoms with Gasteiger partial charge in [0.25, 0.3) is 0 Å². The van der Waals surface area contributed by atoms with Crippen molar-refractivity contribution >= 4 is 0 Å². The number of hydrogen-bond acceptors (Lipinski definition) is 5. The summed E-state index contributed by atoms with van der Waals surface area (Å²) in [5.74, 6) is 1.46. The maximum Gasteiger partial charge on any atom is 0.234 e. The van der Waals surface area contributed by atoms with Crippen molar-refractivity contribution in [2.24, 2.45) is 5.73 Å². The van der Waals surface area contributed by atoms with Gasteiger partial charge in [0.15, 0.2) is 5.82 Å². The van der Waals surface area contributed by atoms with E-state index in [2.05, 4.69) is 10.1 Å². The minimum atomic E-state index is -0.0991. The minimum Gasteiger partial charge on any atom is -0.381 e. The Morgan fingerprint density at radius 3 is 2.58 bits per heavy atom. The molecule has 5 heteroatoms. The number of nitrogens with zero attached hydrogens (tertiary/aromatic N) is 2. The third kappa shape index (κ3) is 3.34. The highest BCUT2D eigenvalue weighted by atomic mass is 16.5. The van der Waals surface area contributed by atoms with Crippen molar-refractivity contribution in [1.29, 1.82) is 0 Å². The van der Waals surface area contributed by atoms with Crippen molar-refractivity contribution in [3.63, 3.8) is 0 Å². The van der Waals surface area contributed by atoms with E-state index in [4.69, 9.17) is 15.0 Å². The van der Waals surface area contributed by atoms with Gasteiger partial charge in [-0.1, -0.05) is 30.8 Å². The molecule has 1 unspecified atom stereocenters. The van der Waals surface area contributed by atoms with Gasteiger partial charge in [-0.2, -0.15) is 4.98 Å². The SMILES string of the molecule is COC(C)Cc1noc(C2(CN)CCCCCC2)n1. The van der Waals surface area contributed by atoms with Crippen molar-refractivity contribution in [1.82, 2.24) is 10.1 Å². The highest BCUT2D eigenvalue weighted by Gasteiger charge is 2.37.